The molecule has 0 bridgehead atoms. The standard InChI is InChI=1S/C13H22ClN5O/c1-4-8-20-10-6-5-7-19(9-10)13-16-11(14)15-12(17-13)18(2)3/h10H,4-9H2,1-3H3. The van der Waals surface area contributed by atoms with E-state index in [2.05, 4.69) is 26.8 Å². The van der Waals surface area contributed by atoms with Gasteiger partial charge in [0.15, 0.2) is 0 Å². The van der Waals surface area contributed by atoms with Crippen molar-refractivity contribution in [1.82, 2.24) is 15.0 Å². The van der Waals surface area contributed by atoms with Crippen molar-refractivity contribution in [2.75, 3.05) is 43.6 Å². The Hall–Kier alpha value is -1.14. The van der Waals surface area contributed by atoms with E-state index < -0.39 is 0 Å². The fraction of sp³-hybridized carbons (Fsp3) is 0.769. The van der Waals surface area contributed by atoms with Gasteiger partial charge in [0.25, 0.3) is 0 Å². The minimum Gasteiger partial charge on any atom is -0.376 e. The predicted molar refractivity (Wildman–Crippen MR) is 80.6 cm³/mol. The number of piperidine rings is 1. The predicted octanol–water partition coefficient (Wildman–Crippen LogP) is 1.99. The fourth-order valence-corrected chi connectivity index (χ4v) is 2.36. The third kappa shape index (κ3) is 3.93. The van der Waals surface area contributed by atoms with Crippen LogP contribution >= 0.6 is 11.6 Å². The summed E-state index contributed by atoms with van der Waals surface area (Å²) in [5.41, 5.74) is 0. The molecule has 1 fully saturated rings. The minimum absolute atomic E-state index is 0.232. The fourth-order valence-electron chi connectivity index (χ4n) is 2.21. The normalized spacial score (nSPS) is 19.2. The molecule has 1 saturated heterocycles. The van der Waals surface area contributed by atoms with Crippen LogP contribution in [0.4, 0.5) is 11.9 Å². The molecule has 0 spiro atoms. The van der Waals surface area contributed by atoms with Crippen molar-refractivity contribution in [3.8, 4) is 0 Å². The number of nitrogens with zero attached hydrogens (tertiary/aromatic N) is 5. The zero-order chi connectivity index (χ0) is 14.5. The first-order valence-electron chi connectivity index (χ1n) is 7.05. The molecule has 1 aromatic rings. The SMILES string of the molecule is CCCOC1CCCN(c2nc(Cl)nc(N(C)C)n2)C1. The second-order valence-corrected chi connectivity index (χ2v) is 5.52. The van der Waals surface area contributed by atoms with Gasteiger partial charge < -0.3 is 14.5 Å². The smallest absolute Gasteiger partial charge is 0.231 e. The largest absolute Gasteiger partial charge is 0.376 e. The van der Waals surface area contributed by atoms with Gasteiger partial charge in [0, 0.05) is 33.8 Å². The first-order valence-corrected chi connectivity index (χ1v) is 7.43. The molecule has 0 aliphatic carbocycles. The highest BCUT2D eigenvalue weighted by Crippen LogP contribution is 2.21. The minimum atomic E-state index is 0.232. The molecule has 1 aliphatic rings. The molecule has 0 radical (unpaired) electrons. The molecule has 1 aliphatic heterocycles. The maximum Gasteiger partial charge on any atom is 0.231 e. The van der Waals surface area contributed by atoms with E-state index in [9.17, 15) is 0 Å². The highest BCUT2D eigenvalue weighted by molar-refractivity contribution is 6.28. The van der Waals surface area contributed by atoms with Gasteiger partial charge in [-0.1, -0.05) is 6.92 Å². The van der Waals surface area contributed by atoms with E-state index in [-0.39, 0.29) is 11.4 Å². The highest BCUT2D eigenvalue weighted by Gasteiger charge is 2.23. The summed E-state index contributed by atoms with van der Waals surface area (Å²) in [6.07, 6.45) is 3.46. The Morgan fingerprint density at radius 3 is 2.85 bits per heavy atom. The van der Waals surface area contributed by atoms with E-state index in [0.717, 1.165) is 39.0 Å². The second kappa shape index (κ2) is 7.04. The Balaban J connectivity index is 2.10. The lowest BCUT2D eigenvalue weighted by Crippen LogP contribution is -2.41. The molecule has 1 atom stereocenters. The number of anilines is 2. The molecule has 0 amide bonds. The Kier molecular flexibility index (Phi) is 5.37. The number of halogens is 1. The lowest BCUT2D eigenvalue weighted by atomic mass is 10.1. The van der Waals surface area contributed by atoms with Crippen molar-refractivity contribution >= 4 is 23.5 Å². The molecule has 20 heavy (non-hydrogen) atoms. The van der Waals surface area contributed by atoms with E-state index in [1.54, 1.807) is 0 Å². The summed E-state index contributed by atoms with van der Waals surface area (Å²) in [6.45, 7) is 4.67. The number of hydrogen-bond donors (Lipinski definition) is 0. The van der Waals surface area contributed by atoms with E-state index >= 15 is 0 Å². The van der Waals surface area contributed by atoms with Crippen LogP contribution in [0, 0.1) is 0 Å². The van der Waals surface area contributed by atoms with Crippen molar-refractivity contribution in [3.05, 3.63) is 5.28 Å². The van der Waals surface area contributed by atoms with Crippen molar-refractivity contribution in [1.29, 1.82) is 0 Å². The summed E-state index contributed by atoms with van der Waals surface area (Å²) >= 11 is 5.99. The van der Waals surface area contributed by atoms with Crippen molar-refractivity contribution < 1.29 is 4.74 Å². The molecule has 2 rings (SSSR count). The average Bonchev–Trinajstić information content (AvgIpc) is 2.44. The quantitative estimate of drug-likeness (QED) is 0.829. The third-order valence-corrected chi connectivity index (χ3v) is 3.37. The molecular weight excluding hydrogens is 278 g/mol. The zero-order valence-corrected chi connectivity index (χ0v) is 13.1. The van der Waals surface area contributed by atoms with Crippen LogP contribution in [0.3, 0.4) is 0 Å². The number of aromatic nitrogens is 3. The van der Waals surface area contributed by atoms with Gasteiger partial charge in [-0.3, -0.25) is 0 Å². The van der Waals surface area contributed by atoms with Crippen molar-refractivity contribution in [2.24, 2.45) is 0 Å². The van der Waals surface area contributed by atoms with Crippen LogP contribution in [-0.4, -0.2) is 54.8 Å². The van der Waals surface area contributed by atoms with Gasteiger partial charge in [0.1, 0.15) is 0 Å². The zero-order valence-electron chi connectivity index (χ0n) is 12.3. The molecule has 1 unspecified atom stereocenters. The molecule has 7 heteroatoms. The molecule has 6 nitrogen and oxygen atoms in total. The Labute approximate surface area is 125 Å². The van der Waals surface area contributed by atoms with E-state index in [1.807, 2.05) is 19.0 Å². The number of ether oxygens (including phenoxy) is 1. The molecular formula is C13H22ClN5O. The van der Waals surface area contributed by atoms with Gasteiger partial charge in [0.2, 0.25) is 17.2 Å². The van der Waals surface area contributed by atoms with E-state index in [0.29, 0.717) is 11.9 Å². The van der Waals surface area contributed by atoms with Crippen LogP contribution < -0.4 is 9.80 Å². The summed E-state index contributed by atoms with van der Waals surface area (Å²) in [4.78, 5) is 16.8. The maximum absolute atomic E-state index is 5.99. The Bertz CT molecular complexity index is 443. The van der Waals surface area contributed by atoms with Crippen LogP contribution in [0.1, 0.15) is 26.2 Å². The number of rotatable bonds is 5. The molecule has 0 aromatic carbocycles. The summed E-state index contributed by atoms with van der Waals surface area (Å²) in [6, 6.07) is 0. The third-order valence-electron chi connectivity index (χ3n) is 3.20. The lowest BCUT2D eigenvalue weighted by Gasteiger charge is -2.32. The van der Waals surface area contributed by atoms with Crippen LogP contribution in [0.5, 0.6) is 0 Å². The highest BCUT2D eigenvalue weighted by atomic mass is 35.5. The molecule has 0 saturated carbocycles. The van der Waals surface area contributed by atoms with Gasteiger partial charge in [0.05, 0.1) is 6.10 Å². The van der Waals surface area contributed by atoms with E-state index in [4.69, 9.17) is 16.3 Å². The van der Waals surface area contributed by atoms with Crippen LogP contribution in [-0.2, 0) is 4.74 Å². The van der Waals surface area contributed by atoms with E-state index in [1.165, 1.54) is 0 Å². The molecule has 1 aromatic heterocycles. The summed E-state index contributed by atoms with van der Waals surface area (Å²) in [5.74, 6) is 1.22. The average molecular weight is 300 g/mol. The topological polar surface area (TPSA) is 54.4 Å². The van der Waals surface area contributed by atoms with Gasteiger partial charge in [-0.2, -0.15) is 15.0 Å². The molecule has 2 heterocycles. The lowest BCUT2D eigenvalue weighted by molar-refractivity contribution is 0.0437. The summed E-state index contributed by atoms with van der Waals surface area (Å²) < 4.78 is 5.84. The second-order valence-electron chi connectivity index (χ2n) is 5.18. The van der Waals surface area contributed by atoms with Crippen LogP contribution in [0.25, 0.3) is 0 Å². The van der Waals surface area contributed by atoms with Gasteiger partial charge in [-0.25, -0.2) is 0 Å². The Morgan fingerprint density at radius 2 is 2.15 bits per heavy atom. The van der Waals surface area contributed by atoms with Gasteiger partial charge in [-0.15, -0.1) is 0 Å². The van der Waals surface area contributed by atoms with Crippen LogP contribution in [0.2, 0.25) is 5.28 Å². The first kappa shape index (κ1) is 15.3. The summed E-state index contributed by atoms with van der Waals surface area (Å²) in [7, 11) is 3.78. The van der Waals surface area contributed by atoms with Crippen LogP contribution in [0.15, 0.2) is 0 Å². The Morgan fingerprint density at radius 1 is 1.35 bits per heavy atom. The molecule has 112 valence electrons. The molecule has 0 N–H and O–H groups in total. The maximum atomic E-state index is 5.99. The summed E-state index contributed by atoms with van der Waals surface area (Å²) in [5, 5.41) is 0.232. The number of hydrogen-bond acceptors (Lipinski definition) is 6. The van der Waals surface area contributed by atoms with Gasteiger partial charge >= 0.3 is 0 Å². The first-order chi connectivity index (χ1) is 9.60. The monoisotopic (exact) mass is 299 g/mol. The van der Waals surface area contributed by atoms with Crippen molar-refractivity contribution in [3.63, 3.8) is 0 Å². The van der Waals surface area contributed by atoms with Gasteiger partial charge in [-0.05, 0) is 30.9 Å². The van der Waals surface area contributed by atoms with Crippen molar-refractivity contribution in [2.45, 2.75) is 32.3 Å².